The molecule has 4 rings (SSSR count). The van der Waals surface area contributed by atoms with E-state index in [-0.39, 0.29) is 0 Å². The molecule has 0 saturated carbocycles. The molecule has 5 heteroatoms. The van der Waals surface area contributed by atoms with Crippen LogP contribution in [0.1, 0.15) is 16.7 Å². The molecule has 0 fully saturated rings. The van der Waals surface area contributed by atoms with Crippen LogP contribution in [0, 0.1) is 6.92 Å². The predicted molar refractivity (Wildman–Crippen MR) is 117 cm³/mol. The molecule has 28 heavy (non-hydrogen) atoms. The van der Waals surface area contributed by atoms with Crippen molar-refractivity contribution in [2.24, 2.45) is 4.99 Å². The van der Waals surface area contributed by atoms with Crippen molar-refractivity contribution >= 4 is 41.4 Å². The zero-order valence-corrected chi connectivity index (χ0v) is 16.3. The van der Waals surface area contributed by atoms with Gasteiger partial charge in [0, 0.05) is 29.3 Å². The van der Waals surface area contributed by atoms with Gasteiger partial charge >= 0.3 is 0 Å². The fourth-order valence-corrected chi connectivity index (χ4v) is 3.33. The van der Waals surface area contributed by atoms with Crippen LogP contribution in [-0.4, -0.2) is 27.2 Å². The summed E-state index contributed by atoms with van der Waals surface area (Å²) in [5.41, 5.74) is 6.68. The number of aryl methyl sites for hydroxylation is 1. The van der Waals surface area contributed by atoms with Gasteiger partial charge in [0.05, 0.1) is 5.69 Å². The summed E-state index contributed by atoms with van der Waals surface area (Å²) in [6.07, 6.45) is 3.78. The monoisotopic (exact) mass is 386 g/mol. The number of hydrogen-bond acceptors (Lipinski definition) is 3. The van der Waals surface area contributed by atoms with Crippen LogP contribution in [-0.2, 0) is 0 Å². The maximum absolute atomic E-state index is 6.21. The van der Waals surface area contributed by atoms with Crippen molar-refractivity contribution in [2.45, 2.75) is 6.92 Å². The lowest BCUT2D eigenvalue weighted by Gasteiger charge is -2.07. The van der Waals surface area contributed by atoms with Crippen LogP contribution in [0.25, 0.3) is 28.6 Å². The third kappa shape index (κ3) is 3.47. The molecule has 4 nitrogen and oxygen atoms in total. The van der Waals surface area contributed by atoms with Crippen LogP contribution >= 0.6 is 11.6 Å². The van der Waals surface area contributed by atoms with Crippen LogP contribution in [0.5, 0.6) is 0 Å². The Bertz CT molecular complexity index is 1160. The molecule has 0 saturated heterocycles. The molecule has 0 radical (unpaired) electrons. The van der Waals surface area contributed by atoms with E-state index in [1.54, 1.807) is 10.7 Å². The first-order valence-corrected chi connectivity index (χ1v) is 9.47. The van der Waals surface area contributed by atoms with E-state index in [2.05, 4.69) is 47.9 Å². The summed E-state index contributed by atoms with van der Waals surface area (Å²) in [5.74, 6) is 1.02. The Hall–Kier alpha value is -3.24. The highest BCUT2D eigenvalue weighted by molar-refractivity contribution is 6.24. The number of hydrogen-bond donors (Lipinski definition) is 0. The quantitative estimate of drug-likeness (QED) is 0.320. The molecule has 0 spiro atoms. The maximum Gasteiger partial charge on any atom is 0.164 e. The average Bonchev–Trinajstić information content (AvgIpc) is 3.17. The first-order chi connectivity index (χ1) is 13.7. The number of aromatic nitrogens is 3. The Kier molecular flexibility index (Phi) is 5.04. The van der Waals surface area contributed by atoms with Gasteiger partial charge in [0.15, 0.2) is 11.5 Å². The Morgan fingerprint density at radius 3 is 2.57 bits per heavy atom. The van der Waals surface area contributed by atoms with Gasteiger partial charge < -0.3 is 0 Å². The van der Waals surface area contributed by atoms with E-state index in [0.717, 1.165) is 33.6 Å². The Labute approximate surface area is 168 Å². The van der Waals surface area contributed by atoms with Crippen molar-refractivity contribution in [3.8, 4) is 11.3 Å². The minimum atomic E-state index is 0.381. The second-order valence-electron chi connectivity index (χ2n) is 6.53. The van der Waals surface area contributed by atoms with Crippen molar-refractivity contribution in [2.75, 3.05) is 5.88 Å². The fraction of sp³-hybridized carbons (Fsp3) is 0.0870. The Balaban J connectivity index is 1.83. The van der Waals surface area contributed by atoms with Gasteiger partial charge in [-0.2, -0.15) is 9.61 Å². The highest BCUT2D eigenvalue weighted by Crippen LogP contribution is 2.28. The number of halogens is 1. The molecule has 0 N–H and O–H groups in total. The number of nitrogens with zero attached hydrogens (tertiary/aromatic N) is 4. The van der Waals surface area contributed by atoms with Gasteiger partial charge in [-0.25, -0.2) is 9.98 Å². The third-order valence-corrected chi connectivity index (χ3v) is 4.89. The van der Waals surface area contributed by atoms with Crippen molar-refractivity contribution in [1.29, 1.82) is 0 Å². The second kappa shape index (κ2) is 7.79. The topological polar surface area (TPSA) is 42.5 Å². The number of allylic oxidation sites excluding steroid dienone is 1. The molecular weight excluding hydrogens is 368 g/mol. The van der Waals surface area contributed by atoms with E-state index >= 15 is 0 Å². The summed E-state index contributed by atoms with van der Waals surface area (Å²) in [4.78, 5) is 8.78. The number of rotatable bonds is 5. The molecule has 2 aromatic heterocycles. The minimum Gasteiger partial charge on any atom is -0.244 e. The van der Waals surface area contributed by atoms with Gasteiger partial charge in [-0.05, 0) is 30.9 Å². The molecular formula is C23H19ClN4. The smallest absolute Gasteiger partial charge is 0.164 e. The largest absolute Gasteiger partial charge is 0.244 e. The zero-order chi connectivity index (χ0) is 19.5. The lowest BCUT2D eigenvalue weighted by molar-refractivity contribution is 0.939. The summed E-state index contributed by atoms with van der Waals surface area (Å²) in [6.45, 7) is 5.80. The third-order valence-electron chi connectivity index (χ3n) is 4.60. The molecule has 0 aliphatic carbocycles. The van der Waals surface area contributed by atoms with Gasteiger partial charge in [0.2, 0.25) is 0 Å². The molecule has 0 aliphatic rings. The van der Waals surface area contributed by atoms with E-state index in [1.165, 1.54) is 5.56 Å². The lowest BCUT2D eigenvalue weighted by atomic mass is 10.1. The van der Waals surface area contributed by atoms with Gasteiger partial charge in [-0.15, -0.1) is 11.6 Å². The van der Waals surface area contributed by atoms with E-state index in [0.29, 0.717) is 11.7 Å². The number of benzene rings is 2. The van der Waals surface area contributed by atoms with Crippen molar-refractivity contribution in [1.82, 2.24) is 14.6 Å². The fourth-order valence-electron chi connectivity index (χ4n) is 3.10. The van der Waals surface area contributed by atoms with Gasteiger partial charge in [0.25, 0.3) is 0 Å². The summed E-state index contributed by atoms with van der Waals surface area (Å²) in [7, 11) is 0. The van der Waals surface area contributed by atoms with Crippen molar-refractivity contribution < 1.29 is 0 Å². The molecule has 2 aromatic carbocycles. The molecule has 0 atom stereocenters. The standard InChI is InChI=1S/C23H19ClN4/c1-16-8-10-18(11-9-16)21-13-22-26-15-20(23(25-2)28(22)27-21)12-19(14-24)17-6-4-3-5-7-17/h3-13,15H,2,14H2,1H3/b19-12+. The number of fused-ring (bicyclic) bond motifs is 1. The van der Waals surface area contributed by atoms with E-state index in [9.17, 15) is 0 Å². The minimum absolute atomic E-state index is 0.381. The molecule has 0 aliphatic heterocycles. The Morgan fingerprint density at radius 2 is 1.89 bits per heavy atom. The number of aliphatic imine (C=N–C) groups is 1. The summed E-state index contributed by atoms with van der Waals surface area (Å²) >= 11 is 6.21. The van der Waals surface area contributed by atoms with Crippen LogP contribution in [0.3, 0.4) is 0 Å². The Morgan fingerprint density at radius 1 is 1.14 bits per heavy atom. The summed E-state index contributed by atoms with van der Waals surface area (Å²) in [5, 5.41) is 4.71. The van der Waals surface area contributed by atoms with E-state index in [1.807, 2.05) is 42.5 Å². The van der Waals surface area contributed by atoms with Crippen molar-refractivity contribution in [3.63, 3.8) is 0 Å². The first kappa shape index (κ1) is 18.1. The van der Waals surface area contributed by atoms with Crippen LogP contribution in [0.15, 0.2) is 71.9 Å². The zero-order valence-electron chi connectivity index (χ0n) is 15.5. The van der Waals surface area contributed by atoms with Gasteiger partial charge in [0.1, 0.15) is 0 Å². The summed E-state index contributed by atoms with van der Waals surface area (Å²) < 4.78 is 1.73. The maximum atomic E-state index is 6.21. The molecule has 0 unspecified atom stereocenters. The highest BCUT2D eigenvalue weighted by Gasteiger charge is 2.12. The SMILES string of the molecule is C=Nc1c(/C=C(\CCl)c2ccccc2)cnc2cc(-c3ccc(C)cc3)nn12. The lowest BCUT2D eigenvalue weighted by Crippen LogP contribution is -1.95. The van der Waals surface area contributed by atoms with Gasteiger partial charge in [-0.3, -0.25) is 0 Å². The molecule has 138 valence electrons. The van der Waals surface area contributed by atoms with E-state index < -0.39 is 0 Å². The number of alkyl halides is 1. The van der Waals surface area contributed by atoms with E-state index in [4.69, 9.17) is 16.7 Å². The highest BCUT2D eigenvalue weighted by atomic mass is 35.5. The molecule has 0 amide bonds. The van der Waals surface area contributed by atoms with Crippen LogP contribution in [0.2, 0.25) is 0 Å². The van der Waals surface area contributed by atoms with Crippen molar-refractivity contribution in [3.05, 3.63) is 83.6 Å². The predicted octanol–water partition coefficient (Wildman–Crippen LogP) is 5.82. The summed E-state index contributed by atoms with van der Waals surface area (Å²) in [6, 6.07) is 20.2. The average molecular weight is 387 g/mol. The van der Waals surface area contributed by atoms with Crippen LogP contribution in [0.4, 0.5) is 5.82 Å². The molecule has 4 aromatic rings. The molecule has 2 heterocycles. The normalized spacial score (nSPS) is 11.7. The first-order valence-electron chi connectivity index (χ1n) is 8.94. The van der Waals surface area contributed by atoms with Crippen LogP contribution < -0.4 is 0 Å². The van der Waals surface area contributed by atoms with Gasteiger partial charge in [-0.1, -0.05) is 60.2 Å². The molecule has 0 bridgehead atoms. The second-order valence-corrected chi connectivity index (χ2v) is 6.80.